The molecule has 0 bridgehead atoms. The van der Waals surface area contributed by atoms with Gasteiger partial charge in [0.1, 0.15) is 48.8 Å². The summed E-state index contributed by atoms with van der Waals surface area (Å²) in [7, 11) is 0. The Labute approximate surface area is 496 Å². The first-order valence-electron chi connectivity index (χ1n) is 32.5. The van der Waals surface area contributed by atoms with Crippen LogP contribution in [-0.4, -0.2) is 140 Å². The minimum atomic E-state index is -1.79. The van der Waals surface area contributed by atoms with E-state index in [1.165, 1.54) is 109 Å². The smallest absolute Gasteiger partial charge is 0.220 e. The highest BCUT2D eigenvalue weighted by molar-refractivity contribution is 5.76. The highest BCUT2D eigenvalue weighted by Gasteiger charge is 2.51. The summed E-state index contributed by atoms with van der Waals surface area (Å²) in [5.41, 5.74) is 0. The lowest BCUT2D eigenvalue weighted by Crippen LogP contribution is -2.65. The molecule has 0 radical (unpaired) electrons. The highest BCUT2D eigenvalue weighted by atomic mass is 16.7. The fourth-order valence-electron chi connectivity index (χ4n) is 10.1. The molecule has 0 saturated carbocycles. The molecule has 9 N–H and O–H groups in total. The van der Waals surface area contributed by atoms with Crippen LogP contribution in [0.5, 0.6) is 0 Å². The van der Waals surface area contributed by atoms with Gasteiger partial charge < -0.3 is 65.1 Å². The van der Waals surface area contributed by atoms with Crippen molar-refractivity contribution in [2.45, 2.75) is 306 Å². The topological polar surface area (TPSA) is 228 Å². The molecule has 2 aliphatic heterocycles. The lowest BCUT2D eigenvalue weighted by molar-refractivity contribution is -0.359. The SMILES string of the molecule is CC/C=C\C/C=C\C/C=C\C/C=C\C/C=C\C/C=C\C/C=C\C/C=C\CCCCC(=O)NC(COC1OC(CO)C(OC2OC(CO)C(O)C(O)C2O)C(O)C1O)C(O)CCCCCCCCCCCCCCCCCCCCCCC. The molecule has 0 aromatic carbocycles. The van der Waals surface area contributed by atoms with Gasteiger partial charge in [-0.15, -0.1) is 0 Å². The van der Waals surface area contributed by atoms with Gasteiger partial charge in [-0.3, -0.25) is 4.79 Å². The standard InChI is InChI=1S/C68H117NO13/c1-3-5-7-9-11-13-15-17-19-21-23-25-26-27-28-29-30-32-34-36-38-40-42-44-46-48-50-52-60(73)69-56(57(72)51-49-47-45-43-41-39-37-35-33-31-24-22-20-18-16-14-12-10-8-6-4-2)55-79-67-65(78)63(76)66(59(54-71)81-67)82-68-64(77)62(75)61(74)58(53-70)80-68/h5,7,11,13,17,19,23,25,27-28,30,32,36,38,42,44,56-59,61-68,70-72,74-78H,3-4,6,8-10,12,14-16,18,20-22,24,26,29,31,33-35,37,39-41,43,45-55H2,1-2H3,(H,69,73)/b7-5-,13-11-,19-17-,25-23-,28-27-,32-30-,38-36-,44-42-. The van der Waals surface area contributed by atoms with Gasteiger partial charge in [-0.25, -0.2) is 0 Å². The summed E-state index contributed by atoms with van der Waals surface area (Å²) in [5.74, 6) is -0.251. The Balaban J connectivity index is 1.75. The lowest BCUT2D eigenvalue weighted by Gasteiger charge is -2.46. The molecule has 0 aromatic heterocycles. The van der Waals surface area contributed by atoms with E-state index in [1.54, 1.807) is 0 Å². The average molecular weight is 1160 g/mol. The van der Waals surface area contributed by atoms with Gasteiger partial charge in [0, 0.05) is 6.42 Å². The van der Waals surface area contributed by atoms with Crippen LogP contribution in [0, 0.1) is 0 Å². The van der Waals surface area contributed by atoms with E-state index < -0.39 is 86.8 Å². The van der Waals surface area contributed by atoms with E-state index >= 15 is 0 Å². The van der Waals surface area contributed by atoms with Gasteiger partial charge in [0.05, 0.1) is 32.0 Å². The Hall–Kier alpha value is -3.09. The van der Waals surface area contributed by atoms with Crippen molar-refractivity contribution in [3.05, 3.63) is 97.2 Å². The second-order valence-electron chi connectivity index (χ2n) is 22.5. The van der Waals surface area contributed by atoms with E-state index in [-0.39, 0.29) is 18.9 Å². The normalized spacial score (nSPS) is 24.6. The molecule has 2 rings (SSSR count). The lowest BCUT2D eigenvalue weighted by atomic mass is 9.97. The molecule has 2 saturated heterocycles. The van der Waals surface area contributed by atoms with Gasteiger partial charge in [-0.2, -0.15) is 0 Å². The maximum Gasteiger partial charge on any atom is 0.220 e. The molecule has 12 atom stereocenters. The fourth-order valence-corrected chi connectivity index (χ4v) is 10.1. The van der Waals surface area contributed by atoms with Crippen molar-refractivity contribution in [3.8, 4) is 0 Å². The third-order valence-corrected chi connectivity index (χ3v) is 15.3. The number of aliphatic hydroxyl groups excluding tert-OH is 8. The molecule has 12 unspecified atom stereocenters. The molecule has 1 amide bonds. The number of carbonyl (C=O) groups excluding carboxylic acids is 1. The summed E-state index contributed by atoms with van der Waals surface area (Å²) >= 11 is 0. The summed E-state index contributed by atoms with van der Waals surface area (Å²) in [6.45, 7) is 2.73. The first-order chi connectivity index (χ1) is 40.1. The number of ether oxygens (including phenoxy) is 4. The third kappa shape index (κ3) is 36.7. The molecular formula is C68H117NO13. The largest absolute Gasteiger partial charge is 0.394 e. The molecule has 82 heavy (non-hydrogen) atoms. The van der Waals surface area contributed by atoms with Gasteiger partial charge in [-0.05, 0) is 77.0 Å². The molecule has 472 valence electrons. The van der Waals surface area contributed by atoms with Crippen LogP contribution in [0.4, 0.5) is 0 Å². The minimum Gasteiger partial charge on any atom is -0.394 e. The number of aliphatic hydroxyl groups is 8. The zero-order valence-electron chi connectivity index (χ0n) is 50.9. The number of amides is 1. The molecule has 0 aliphatic carbocycles. The molecular weight excluding hydrogens is 1040 g/mol. The van der Waals surface area contributed by atoms with Gasteiger partial charge in [0.2, 0.25) is 5.91 Å². The van der Waals surface area contributed by atoms with Crippen molar-refractivity contribution in [2.24, 2.45) is 0 Å². The van der Waals surface area contributed by atoms with Crippen molar-refractivity contribution < 1.29 is 64.6 Å². The zero-order valence-corrected chi connectivity index (χ0v) is 50.9. The Bertz CT molecular complexity index is 1740. The van der Waals surface area contributed by atoms with Crippen molar-refractivity contribution in [1.29, 1.82) is 0 Å². The number of rotatable bonds is 51. The van der Waals surface area contributed by atoms with E-state index in [0.717, 1.165) is 89.9 Å². The monoisotopic (exact) mass is 1160 g/mol. The van der Waals surface area contributed by atoms with E-state index in [4.69, 9.17) is 18.9 Å². The predicted octanol–water partition coefficient (Wildman–Crippen LogP) is 12.2. The summed E-state index contributed by atoms with van der Waals surface area (Å²) < 4.78 is 22.9. The maximum absolute atomic E-state index is 13.3. The molecule has 2 fully saturated rings. The second-order valence-corrected chi connectivity index (χ2v) is 22.5. The van der Waals surface area contributed by atoms with Crippen molar-refractivity contribution >= 4 is 5.91 Å². The van der Waals surface area contributed by atoms with Crippen LogP contribution < -0.4 is 5.32 Å². The molecule has 2 heterocycles. The third-order valence-electron chi connectivity index (χ3n) is 15.3. The average Bonchev–Trinajstić information content (AvgIpc) is 3.67. The van der Waals surface area contributed by atoms with Crippen LogP contribution in [0.1, 0.15) is 232 Å². The number of allylic oxidation sites excluding steroid dienone is 16. The first kappa shape index (κ1) is 75.0. The Morgan fingerprint density at radius 2 is 0.841 bits per heavy atom. The molecule has 14 nitrogen and oxygen atoms in total. The molecule has 0 spiro atoms. The maximum atomic E-state index is 13.3. The number of nitrogens with one attached hydrogen (secondary N) is 1. The first-order valence-corrected chi connectivity index (χ1v) is 32.5. The van der Waals surface area contributed by atoms with Crippen LogP contribution in [0.15, 0.2) is 97.2 Å². The fraction of sp³-hybridized carbons (Fsp3) is 0.750. The predicted molar refractivity (Wildman–Crippen MR) is 332 cm³/mol. The summed E-state index contributed by atoms with van der Waals surface area (Å²) in [6, 6.07) is -0.860. The van der Waals surface area contributed by atoms with Crippen LogP contribution in [0.25, 0.3) is 0 Å². The number of unbranched alkanes of at least 4 members (excludes halogenated alkanes) is 22. The van der Waals surface area contributed by atoms with Crippen molar-refractivity contribution in [3.63, 3.8) is 0 Å². The van der Waals surface area contributed by atoms with E-state index in [1.807, 2.05) is 0 Å². The summed E-state index contributed by atoms with van der Waals surface area (Å²) in [4.78, 5) is 13.3. The number of hydrogen-bond acceptors (Lipinski definition) is 13. The Morgan fingerprint density at radius 1 is 0.451 bits per heavy atom. The highest BCUT2D eigenvalue weighted by Crippen LogP contribution is 2.30. The minimum absolute atomic E-state index is 0.243. The number of hydrogen-bond donors (Lipinski definition) is 9. The molecule has 14 heteroatoms. The molecule has 2 aliphatic rings. The van der Waals surface area contributed by atoms with E-state index in [9.17, 15) is 45.6 Å². The van der Waals surface area contributed by atoms with Crippen LogP contribution in [-0.2, 0) is 23.7 Å². The van der Waals surface area contributed by atoms with Crippen LogP contribution in [0.2, 0.25) is 0 Å². The Morgan fingerprint density at radius 3 is 1.27 bits per heavy atom. The number of carbonyl (C=O) groups is 1. The van der Waals surface area contributed by atoms with Gasteiger partial charge in [-0.1, -0.05) is 246 Å². The van der Waals surface area contributed by atoms with Gasteiger partial charge in [0.15, 0.2) is 12.6 Å². The Kier molecular flexibility index (Phi) is 47.8. The van der Waals surface area contributed by atoms with E-state index in [0.29, 0.717) is 12.8 Å². The van der Waals surface area contributed by atoms with Crippen LogP contribution in [0.3, 0.4) is 0 Å². The van der Waals surface area contributed by atoms with Crippen molar-refractivity contribution in [1.82, 2.24) is 5.32 Å². The van der Waals surface area contributed by atoms with Crippen molar-refractivity contribution in [2.75, 3.05) is 19.8 Å². The van der Waals surface area contributed by atoms with Gasteiger partial charge >= 0.3 is 0 Å². The van der Waals surface area contributed by atoms with Gasteiger partial charge in [0.25, 0.3) is 0 Å². The summed E-state index contributed by atoms with van der Waals surface area (Å²) in [6.07, 6.45) is 55.5. The zero-order chi connectivity index (χ0) is 59.5. The second kappa shape index (κ2) is 52.3. The van der Waals surface area contributed by atoms with E-state index in [2.05, 4.69) is 116 Å². The summed E-state index contributed by atoms with van der Waals surface area (Å²) in [5, 5.41) is 87.4. The quantitative estimate of drug-likeness (QED) is 0.0204. The van der Waals surface area contributed by atoms with Crippen LogP contribution >= 0.6 is 0 Å². The molecule has 0 aromatic rings.